The van der Waals surface area contributed by atoms with Crippen molar-refractivity contribution in [2.45, 2.75) is 0 Å². The van der Waals surface area contributed by atoms with E-state index in [1.54, 1.807) is 17.0 Å². The second-order valence-electron chi connectivity index (χ2n) is 4.37. The van der Waals surface area contributed by atoms with Crippen LogP contribution in [0.25, 0.3) is 0 Å². The van der Waals surface area contributed by atoms with Gasteiger partial charge in [-0.3, -0.25) is 14.6 Å². The van der Waals surface area contributed by atoms with Gasteiger partial charge in [0.05, 0.1) is 24.3 Å². The molecule has 1 aromatic rings. The molecular weight excluding hydrogens is 258 g/mol. The van der Waals surface area contributed by atoms with Crippen LogP contribution in [-0.2, 0) is 4.74 Å². The SMILES string of the molecule is C=CCNC(=O)c1cncc(C(=O)N2CCOCC2)c1. The fourth-order valence-corrected chi connectivity index (χ4v) is 1.90. The van der Waals surface area contributed by atoms with Gasteiger partial charge in [-0.2, -0.15) is 0 Å². The van der Waals surface area contributed by atoms with Gasteiger partial charge in [-0.1, -0.05) is 6.08 Å². The van der Waals surface area contributed by atoms with Gasteiger partial charge in [0, 0.05) is 32.0 Å². The number of hydrogen-bond acceptors (Lipinski definition) is 4. The normalized spacial score (nSPS) is 14.7. The second-order valence-corrected chi connectivity index (χ2v) is 4.37. The first-order valence-corrected chi connectivity index (χ1v) is 6.43. The molecule has 1 aromatic heterocycles. The standard InChI is InChI=1S/C14H17N3O3/c1-2-3-16-13(18)11-8-12(10-15-9-11)14(19)17-4-6-20-7-5-17/h2,8-10H,1,3-7H2,(H,16,18). The fourth-order valence-electron chi connectivity index (χ4n) is 1.90. The zero-order valence-electron chi connectivity index (χ0n) is 11.2. The lowest BCUT2D eigenvalue weighted by Crippen LogP contribution is -2.40. The number of nitrogens with zero attached hydrogens (tertiary/aromatic N) is 2. The minimum atomic E-state index is -0.269. The second kappa shape index (κ2) is 6.81. The summed E-state index contributed by atoms with van der Waals surface area (Å²) in [6, 6.07) is 1.56. The number of amides is 2. The highest BCUT2D eigenvalue weighted by atomic mass is 16.5. The summed E-state index contributed by atoms with van der Waals surface area (Å²) in [5.41, 5.74) is 0.782. The predicted molar refractivity (Wildman–Crippen MR) is 73.5 cm³/mol. The van der Waals surface area contributed by atoms with E-state index in [4.69, 9.17) is 4.74 Å². The summed E-state index contributed by atoms with van der Waals surface area (Å²) in [7, 11) is 0. The first-order valence-electron chi connectivity index (χ1n) is 6.43. The van der Waals surface area contributed by atoms with Crippen molar-refractivity contribution in [2.24, 2.45) is 0 Å². The molecule has 2 amide bonds. The van der Waals surface area contributed by atoms with Crippen LogP contribution in [0.4, 0.5) is 0 Å². The Labute approximate surface area is 117 Å². The number of hydrogen-bond donors (Lipinski definition) is 1. The van der Waals surface area contributed by atoms with E-state index in [0.717, 1.165) is 0 Å². The molecule has 106 valence electrons. The van der Waals surface area contributed by atoms with Gasteiger partial charge < -0.3 is 15.0 Å². The largest absolute Gasteiger partial charge is 0.378 e. The van der Waals surface area contributed by atoms with Crippen LogP contribution in [0.15, 0.2) is 31.1 Å². The van der Waals surface area contributed by atoms with Crippen molar-refractivity contribution in [2.75, 3.05) is 32.8 Å². The molecule has 0 saturated carbocycles. The topological polar surface area (TPSA) is 71.5 Å². The lowest BCUT2D eigenvalue weighted by atomic mass is 10.1. The molecule has 0 atom stereocenters. The Bertz CT molecular complexity index is 510. The molecule has 0 bridgehead atoms. The zero-order valence-corrected chi connectivity index (χ0v) is 11.2. The lowest BCUT2D eigenvalue weighted by Gasteiger charge is -2.26. The molecule has 1 saturated heterocycles. The average molecular weight is 275 g/mol. The third-order valence-corrected chi connectivity index (χ3v) is 2.95. The molecule has 6 nitrogen and oxygen atoms in total. The van der Waals surface area contributed by atoms with Gasteiger partial charge in [0.2, 0.25) is 0 Å². The Morgan fingerprint density at radius 3 is 2.75 bits per heavy atom. The summed E-state index contributed by atoms with van der Waals surface area (Å²) < 4.78 is 5.21. The van der Waals surface area contributed by atoms with Crippen molar-refractivity contribution in [1.29, 1.82) is 0 Å². The van der Waals surface area contributed by atoms with Gasteiger partial charge in [0.25, 0.3) is 11.8 Å². The first kappa shape index (κ1) is 14.2. The van der Waals surface area contributed by atoms with E-state index in [-0.39, 0.29) is 11.8 Å². The Balaban J connectivity index is 2.10. The van der Waals surface area contributed by atoms with E-state index < -0.39 is 0 Å². The van der Waals surface area contributed by atoms with Crippen molar-refractivity contribution in [3.8, 4) is 0 Å². The van der Waals surface area contributed by atoms with Crippen LogP contribution in [0.3, 0.4) is 0 Å². The quantitative estimate of drug-likeness (QED) is 0.811. The molecule has 0 radical (unpaired) electrons. The van der Waals surface area contributed by atoms with Gasteiger partial charge in [0.1, 0.15) is 0 Å². The van der Waals surface area contributed by atoms with Crippen molar-refractivity contribution in [1.82, 2.24) is 15.2 Å². The summed E-state index contributed by atoms with van der Waals surface area (Å²) in [4.78, 5) is 29.7. The van der Waals surface area contributed by atoms with E-state index in [2.05, 4.69) is 16.9 Å². The minimum absolute atomic E-state index is 0.126. The van der Waals surface area contributed by atoms with E-state index in [0.29, 0.717) is 44.0 Å². The Morgan fingerprint density at radius 1 is 1.35 bits per heavy atom. The number of rotatable bonds is 4. The number of carbonyl (C=O) groups excluding carboxylic acids is 2. The summed E-state index contributed by atoms with van der Waals surface area (Å²) in [6.45, 7) is 6.11. The molecule has 1 aliphatic heterocycles. The fraction of sp³-hybridized carbons (Fsp3) is 0.357. The molecule has 2 rings (SSSR count). The van der Waals surface area contributed by atoms with Crippen LogP contribution in [0.5, 0.6) is 0 Å². The summed E-state index contributed by atoms with van der Waals surface area (Å²) >= 11 is 0. The third-order valence-electron chi connectivity index (χ3n) is 2.95. The van der Waals surface area contributed by atoms with E-state index >= 15 is 0 Å². The maximum Gasteiger partial charge on any atom is 0.255 e. The molecule has 20 heavy (non-hydrogen) atoms. The summed E-state index contributed by atoms with van der Waals surface area (Å²) in [6.07, 6.45) is 4.50. The highest BCUT2D eigenvalue weighted by Gasteiger charge is 2.19. The summed E-state index contributed by atoms with van der Waals surface area (Å²) in [5.74, 6) is -0.395. The molecule has 2 heterocycles. The predicted octanol–water partition coefficient (Wildman–Crippen LogP) is 0.470. The molecule has 0 aliphatic carbocycles. The van der Waals surface area contributed by atoms with E-state index in [1.165, 1.54) is 12.4 Å². The minimum Gasteiger partial charge on any atom is -0.378 e. The Morgan fingerprint density at radius 2 is 2.05 bits per heavy atom. The van der Waals surface area contributed by atoms with Crippen LogP contribution in [0, 0.1) is 0 Å². The van der Waals surface area contributed by atoms with Crippen LogP contribution in [-0.4, -0.2) is 54.5 Å². The summed E-state index contributed by atoms with van der Waals surface area (Å²) in [5, 5.41) is 2.65. The molecule has 6 heteroatoms. The molecule has 0 aromatic carbocycles. The third kappa shape index (κ3) is 3.42. The van der Waals surface area contributed by atoms with E-state index in [9.17, 15) is 9.59 Å². The van der Waals surface area contributed by atoms with Crippen LogP contribution >= 0.6 is 0 Å². The highest BCUT2D eigenvalue weighted by molar-refractivity contribution is 5.99. The number of morpholine rings is 1. The number of aromatic nitrogens is 1. The van der Waals surface area contributed by atoms with Crippen LogP contribution < -0.4 is 5.32 Å². The number of carbonyl (C=O) groups is 2. The molecule has 1 aliphatic rings. The highest BCUT2D eigenvalue weighted by Crippen LogP contribution is 2.08. The molecule has 0 unspecified atom stereocenters. The van der Waals surface area contributed by atoms with Crippen molar-refractivity contribution in [3.63, 3.8) is 0 Å². The van der Waals surface area contributed by atoms with Gasteiger partial charge in [0.15, 0.2) is 0 Å². The first-order chi connectivity index (χ1) is 9.72. The Hall–Kier alpha value is -2.21. The Kier molecular flexibility index (Phi) is 4.84. The van der Waals surface area contributed by atoms with Crippen molar-refractivity contribution >= 4 is 11.8 Å². The van der Waals surface area contributed by atoms with Gasteiger partial charge >= 0.3 is 0 Å². The molecular formula is C14H17N3O3. The zero-order chi connectivity index (χ0) is 14.4. The van der Waals surface area contributed by atoms with Gasteiger partial charge in [-0.25, -0.2) is 0 Å². The lowest BCUT2D eigenvalue weighted by molar-refractivity contribution is 0.0302. The van der Waals surface area contributed by atoms with Crippen LogP contribution in [0.1, 0.15) is 20.7 Å². The van der Waals surface area contributed by atoms with E-state index in [1.807, 2.05) is 0 Å². The maximum atomic E-state index is 12.3. The molecule has 0 spiro atoms. The average Bonchev–Trinajstić information content (AvgIpc) is 2.52. The smallest absolute Gasteiger partial charge is 0.255 e. The monoisotopic (exact) mass is 275 g/mol. The number of ether oxygens (including phenoxy) is 1. The number of pyridine rings is 1. The molecule has 1 N–H and O–H groups in total. The van der Waals surface area contributed by atoms with Gasteiger partial charge in [-0.05, 0) is 6.07 Å². The number of nitrogens with one attached hydrogen (secondary N) is 1. The van der Waals surface area contributed by atoms with Crippen LogP contribution in [0.2, 0.25) is 0 Å². The molecule has 1 fully saturated rings. The van der Waals surface area contributed by atoms with Crippen molar-refractivity contribution < 1.29 is 14.3 Å². The van der Waals surface area contributed by atoms with Gasteiger partial charge in [-0.15, -0.1) is 6.58 Å². The van der Waals surface area contributed by atoms with Crippen molar-refractivity contribution in [3.05, 3.63) is 42.2 Å². The maximum absolute atomic E-state index is 12.3.